The van der Waals surface area contributed by atoms with Crippen molar-refractivity contribution in [3.63, 3.8) is 0 Å². The van der Waals surface area contributed by atoms with Crippen LogP contribution in [0.5, 0.6) is 0 Å². The van der Waals surface area contributed by atoms with Crippen LogP contribution < -0.4 is 0 Å². The second-order valence-electron chi connectivity index (χ2n) is 7.47. The number of hydrogen-bond acceptors (Lipinski definition) is 4. The lowest BCUT2D eigenvalue weighted by Gasteiger charge is -2.28. The Morgan fingerprint density at radius 1 is 1.17 bits per heavy atom. The number of halogens is 1. The van der Waals surface area contributed by atoms with Crippen LogP contribution in [0.15, 0.2) is 54.1 Å². The van der Waals surface area contributed by atoms with E-state index in [1.165, 1.54) is 4.90 Å². The van der Waals surface area contributed by atoms with E-state index < -0.39 is 17.7 Å². The lowest BCUT2D eigenvalue weighted by atomic mass is 9.95. The number of carbonyl (C=O) groups excluding carboxylic acids is 2. The number of aryl methyl sites for hydroxylation is 1. The first-order valence-electron chi connectivity index (χ1n) is 9.69. The van der Waals surface area contributed by atoms with E-state index in [2.05, 4.69) is 0 Å². The fourth-order valence-corrected chi connectivity index (χ4v) is 4.20. The number of nitrogens with zero attached hydrogens (tertiary/aromatic N) is 1. The van der Waals surface area contributed by atoms with Crippen molar-refractivity contribution in [1.82, 2.24) is 4.90 Å². The maximum absolute atomic E-state index is 13.0. The SMILES string of the molecule is Cc1ccc(/C(O)=C2\C(=O)C(=O)N(CC3CCCO3)C2c2ccccc2Cl)cc1. The molecule has 5 nitrogen and oxygen atoms in total. The molecule has 2 heterocycles. The van der Waals surface area contributed by atoms with Crippen molar-refractivity contribution in [1.29, 1.82) is 0 Å². The molecule has 2 aliphatic rings. The van der Waals surface area contributed by atoms with E-state index in [-0.39, 0.29) is 24.0 Å². The van der Waals surface area contributed by atoms with Gasteiger partial charge in [0.25, 0.3) is 11.7 Å². The number of benzene rings is 2. The van der Waals surface area contributed by atoms with Gasteiger partial charge in [-0.15, -0.1) is 0 Å². The maximum atomic E-state index is 13.0. The summed E-state index contributed by atoms with van der Waals surface area (Å²) in [6.45, 7) is 2.87. The quantitative estimate of drug-likeness (QED) is 0.464. The number of likely N-dealkylation sites (tertiary alicyclic amines) is 1. The summed E-state index contributed by atoms with van der Waals surface area (Å²) < 4.78 is 5.69. The van der Waals surface area contributed by atoms with Gasteiger partial charge in [-0.25, -0.2) is 0 Å². The standard InChI is InChI=1S/C23H22ClNO4/c1-14-8-10-15(11-9-14)21(26)19-20(17-6-2-3-7-18(17)24)25(23(28)22(19)27)13-16-5-4-12-29-16/h2-3,6-11,16,20,26H,4-5,12-13H2,1H3/b21-19+. The highest BCUT2D eigenvalue weighted by Crippen LogP contribution is 2.42. The molecule has 2 fully saturated rings. The summed E-state index contributed by atoms with van der Waals surface area (Å²) in [5.74, 6) is -1.53. The van der Waals surface area contributed by atoms with E-state index in [1.807, 2.05) is 19.1 Å². The number of Topliss-reactive ketones (excluding diaryl/α,β-unsaturated/α-hetero) is 1. The molecule has 0 radical (unpaired) electrons. The Balaban J connectivity index is 1.84. The highest BCUT2D eigenvalue weighted by atomic mass is 35.5. The molecule has 0 saturated carbocycles. The van der Waals surface area contributed by atoms with Crippen LogP contribution in [0, 0.1) is 6.92 Å². The number of amides is 1. The average Bonchev–Trinajstić information content (AvgIpc) is 3.31. The summed E-state index contributed by atoms with van der Waals surface area (Å²) in [6, 6.07) is 13.5. The van der Waals surface area contributed by atoms with Gasteiger partial charge in [0, 0.05) is 23.7 Å². The Morgan fingerprint density at radius 2 is 1.90 bits per heavy atom. The number of carbonyl (C=O) groups is 2. The molecule has 29 heavy (non-hydrogen) atoms. The first kappa shape index (κ1) is 19.7. The molecule has 150 valence electrons. The van der Waals surface area contributed by atoms with Crippen LogP contribution in [-0.2, 0) is 14.3 Å². The van der Waals surface area contributed by atoms with Gasteiger partial charge in [-0.2, -0.15) is 0 Å². The van der Waals surface area contributed by atoms with Gasteiger partial charge in [-0.3, -0.25) is 9.59 Å². The minimum atomic E-state index is -0.755. The number of hydrogen-bond donors (Lipinski definition) is 1. The van der Waals surface area contributed by atoms with Crippen molar-refractivity contribution in [2.24, 2.45) is 0 Å². The number of ether oxygens (including phenoxy) is 1. The minimum absolute atomic E-state index is 0.0601. The van der Waals surface area contributed by atoms with E-state index in [0.717, 1.165) is 18.4 Å². The maximum Gasteiger partial charge on any atom is 0.295 e. The highest BCUT2D eigenvalue weighted by Gasteiger charge is 2.47. The second-order valence-corrected chi connectivity index (χ2v) is 7.88. The van der Waals surface area contributed by atoms with E-state index in [1.54, 1.807) is 36.4 Å². The van der Waals surface area contributed by atoms with Crippen molar-refractivity contribution >= 4 is 29.1 Å². The lowest BCUT2D eigenvalue weighted by molar-refractivity contribution is -0.140. The molecule has 0 aromatic heterocycles. The summed E-state index contributed by atoms with van der Waals surface area (Å²) in [6.07, 6.45) is 1.63. The van der Waals surface area contributed by atoms with Gasteiger partial charge in [0.2, 0.25) is 0 Å². The summed E-state index contributed by atoms with van der Waals surface area (Å²) in [4.78, 5) is 27.4. The zero-order valence-corrected chi connectivity index (χ0v) is 16.9. The molecule has 2 saturated heterocycles. The molecule has 4 rings (SSSR count). The molecule has 0 spiro atoms. The molecule has 0 aliphatic carbocycles. The topological polar surface area (TPSA) is 66.8 Å². The molecule has 6 heteroatoms. The van der Waals surface area contributed by atoms with Gasteiger partial charge in [-0.1, -0.05) is 59.6 Å². The third-order valence-corrected chi connectivity index (χ3v) is 5.83. The third kappa shape index (κ3) is 3.68. The van der Waals surface area contributed by atoms with Crippen LogP contribution in [-0.4, -0.2) is 41.0 Å². The van der Waals surface area contributed by atoms with Gasteiger partial charge in [0.05, 0.1) is 17.7 Å². The Labute approximate surface area is 174 Å². The van der Waals surface area contributed by atoms with Gasteiger partial charge in [0.1, 0.15) is 5.76 Å². The molecule has 0 bridgehead atoms. The second kappa shape index (κ2) is 8.01. The summed E-state index contributed by atoms with van der Waals surface area (Å²) in [5, 5.41) is 11.4. The fraction of sp³-hybridized carbons (Fsp3) is 0.304. The summed E-state index contributed by atoms with van der Waals surface area (Å²) in [5.41, 5.74) is 2.19. The predicted octanol–water partition coefficient (Wildman–Crippen LogP) is 4.25. The fourth-order valence-electron chi connectivity index (χ4n) is 3.96. The molecular formula is C23H22ClNO4. The third-order valence-electron chi connectivity index (χ3n) is 5.49. The largest absolute Gasteiger partial charge is 0.507 e. The van der Waals surface area contributed by atoms with Crippen molar-refractivity contribution in [2.45, 2.75) is 31.9 Å². The van der Waals surface area contributed by atoms with Gasteiger partial charge < -0.3 is 14.7 Å². The van der Waals surface area contributed by atoms with E-state index in [4.69, 9.17) is 16.3 Å². The molecule has 2 atom stereocenters. The van der Waals surface area contributed by atoms with Crippen LogP contribution in [0.25, 0.3) is 5.76 Å². The van der Waals surface area contributed by atoms with E-state index in [0.29, 0.717) is 22.8 Å². The van der Waals surface area contributed by atoms with Crippen LogP contribution in [0.4, 0.5) is 0 Å². The molecule has 2 aromatic carbocycles. The van der Waals surface area contributed by atoms with Crippen molar-refractivity contribution in [3.05, 3.63) is 75.8 Å². The normalized spacial score (nSPS) is 23.7. The Hall–Kier alpha value is -2.63. The average molecular weight is 412 g/mol. The van der Waals surface area contributed by atoms with Crippen LogP contribution >= 0.6 is 11.6 Å². The predicted molar refractivity (Wildman–Crippen MR) is 111 cm³/mol. The Bertz CT molecular complexity index is 977. The Morgan fingerprint density at radius 3 is 2.55 bits per heavy atom. The first-order valence-corrected chi connectivity index (χ1v) is 10.1. The van der Waals surface area contributed by atoms with Crippen molar-refractivity contribution in [2.75, 3.05) is 13.2 Å². The number of ketones is 1. The molecule has 1 N–H and O–H groups in total. The van der Waals surface area contributed by atoms with Crippen LogP contribution in [0.2, 0.25) is 5.02 Å². The van der Waals surface area contributed by atoms with Crippen LogP contribution in [0.3, 0.4) is 0 Å². The molecular weight excluding hydrogens is 390 g/mol. The zero-order chi connectivity index (χ0) is 20.5. The zero-order valence-electron chi connectivity index (χ0n) is 16.1. The van der Waals surface area contributed by atoms with Crippen molar-refractivity contribution in [3.8, 4) is 0 Å². The monoisotopic (exact) mass is 411 g/mol. The van der Waals surface area contributed by atoms with E-state index in [9.17, 15) is 14.7 Å². The summed E-state index contributed by atoms with van der Waals surface area (Å²) >= 11 is 6.43. The highest BCUT2D eigenvalue weighted by molar-refractivity contribution is 6.47. The molecule has 2 aromatic rings. The minimum Gasteiger partial charge on any atom is -0.507 e. The smallest absolute Gasteiger partial charge is 0.295 e. The molecule has 2 unspecified atom stereocenters. The summed E-state index contributed by atoms with van der Waals surface area (Å²) in [7, 11) is 0. The number of aliphatic hydroxyl groups excluding tert-OH is 1. The molecule has 1 amide bonds. The van der Waals surface area contributed by atoms with Crippen molar-refractivity contribution < 1.29 is 19.4 Å². The first-order chi connectivity index (χ1) is 14.0. The number of rotatable bonds is 4. The van der Waals surface area contributed by atoms with E-state index >= 15 is 0 Å². The number of aliphatic hydroxyl groups is 1. The molecule has 2 aliphatic heterocycles. The van der Waals surface area contributed by atoms with Gasteiger partial charge >= 0.3 is 0 Å². The van der Waals surface area contributed by atoms with Gasteiger partial charge in [0.15, 0.2) is 0 Å². The van der Waals surface area contributed by atoms with Crippen LogP contribution in [0.1, 0.15) is 35.6 Å². The lowest BCUT2D eigenvalue weighted by Crippen LogP contribution is -2.36. The van der Waals surface area contributed by atoms with Gasteiger partial charge in [-0.05, 0) is 31.4 Å². The Kier molecular flexibility index (Phi) is 5.43.